The standard InChI is InChI=1S/C18H23BrN2/c1-20-18(15-8-4-3-5-9-15)12-13-21(2)14-16-10-6-7-11-17(16)19/h3-11,18,20H,12-14H2,1-2H3. The Labute approximate surface area is 136 Å². The predicted molar refractivity (Wildman–Crippen MR) is 93.3 cm³/mol. The van der Waals surface area contributed by atoms with Crippen molar-refractivity contribution in [1.29, 1.82) is 0 Å². The smallest absolute Gasteiger partial charge is 0.0329 e. The molecule has 0 spiro atoms. The summed E-state index contributed by atoms with van der Waals surface area (Å²) in [5, 5.41) is 3.41. The fourth-order valence-electron chi connectivity index (χ4n) is 2.51. The molecule has 1 N–H and O–H groups in total. The van der Waals surface area contributed by atoms with E-state index in [-0.39, 0.29) is 0 Å². The molecule has 0 amide bonds. The van der Waals surface area contributed by atoms with E-state index in [1.165, 1.54) is 15.6 Å². The second kappa shape index (κ2) is 8.32. The van der Waals surface area contributed by atoms with Gasteiger partial charge in [-0.25, -0.2) is 0 Å². The van der Waals surface area contributed by atoms with Gasteiger partial charge >= 0.3 is 0 Å². The Morgan fingerprint density at radius 2 is 1.71 bits per heavy atom. The average Bonchev–Trinajstić information content (AvgIpc) is 2.51. The summed E-state index contributed by atoms with van der Waals surface area (Å²) in [6, 6.07) is 19.5. The van der Waals surface area contributed by atoms with E-state index in [2.05, 4.69) is 87.8 Å². The SMILES string of the molecule is CNC(CCN(C)Cc1ccccc1Br)c1ccccc1. The van der Waals surface area contributed by atoms with Crippen LogP contribution >= 0.6 is 15.9 Å². The molecule has 2 rings (SSSR count). The van der Waals surface area contributed by atoms with Crippen molar-refractivity contribution in [3.05, 3.63) is 70.2 Å². The summed E-state index contributed by atoms with van der Waals surface area (Å²) in [6.07, 6.45) is 1.10. The van der Waals surface area contributed by atoms with Crippen molar-refractivity contribution >= 4 is 15.9 Å². The van der Waals surface area contributed by atoms with Crippen molar-refractivity contribution in [2.45, 2.75) is 19.0 Å². The van der Waals surface area contributed by atoms with Gasteiger partial charge in [0.25, 0.3) is 0 Å². The maximum atomic E-state index is 3.62. The third-order valence-corrected chi connectivity index (χ3v) is 4.52. The molecule has 2 aromatic carbocycles. The van der Waals surface area contributed by atoms with E-state index >= 15 is 0 Å². The highest BCUT2D eigenvalue weighted by Crippen LogP contribution is 2.19. The molecule has 0 aliphatic heterocycles. The molecule has 0 aromatic heterocycles. The quantitative estimate of drug-likeness (QED) is 0.806. The van der Waals surface area contributed by atoms with Crippen molar-refractivity contribution < 1.29 is 0 Å². The Kier molecular flexibility index (Phi) is 6.43. The maximum absolute atomic E-state index is 3.62. The molecule has 0 fully saturated rings. The number of halogens is 1. The van der Waals surface area contributed by atoms with Crippen molar-refractivity contribution in [3.63, 3.8) is 0 Å². The van der Waals surface area contributed by atoms with E-state index in [1.54, 1.807) is 0 Å². The van der Waals surface area contributed by atoms with Gasteiger partial charge in [-0.2, -0.15) is 0 Å². The first-order valence-corrected chi connectivity index (χ1v) is 8.14. The average molecular weight is 347 g/mol. The molecule has 1 unspecified atom stereocenters. The minimum absolute atomic E-state index is 0.410. The number of hydrogen-bond donors (Lipinski definition) is 1. The van der Waals surface area contributed by atoms with Gasteiger partial charge < -0.3 is 10.2 Å². The first-order chi connectivity index (χ1) is 10.2. The molecule has 0 aliphatic rings. The van der Waals surface area contributed by atoms with Crippen molar-refractivity contribution in [2.75, 3.05) is 20.6 Å². The monoisotopic (exact) mass is 346 g/mol. The second-order valence-corrected chi connectivity index (χ2v) is 6.22. The zero-order valence-corrected chi connectivity index (χ0v) is 14.3. The van der Waals surface area contributed by atoms with Crippen LogP contribution in [0.4, 0.5) is 0 Å². The normalized spacial score (nSPS) is 12.6. The molecule has 0 radical (unpaired) electrons. The summed E-state index contributed by atoms with van der Waals surface area (Å²) >= 11 is 3.62. The number of rotatable bonds is 7. The first-order valence-electron chi connectivity index (χ1n) is 7.35. The summed E-state index contributed by atoms with van der Waals surface area (Å²) in [5.41, 5.74) is 2.69. The van der Waals surface area contributed by atoms with E-state index in [0.717, 1.165) is 19.5 Å². The second-order valence-electron chi connectivity index (χ2n) is 5.37. The molecule has 0 saturated heterocycles. The fourth-order valence-corrected chi connectivity index (χ4v) is 2.92. The highest BCUT2D eigenvalue weighted by Gasteiger charge is 2.10. The van der Waals surface area contributed by atoms with Crippen LogP contribution in [0.5, 0.6) is 0 Å². The molecule has 2 aromatic rings. The third-order valence-electron chi connectivity index (χ3n) is 3.75. The lowest BCUT2D eigenvalue weighted by atomic mass is 10.0. The van der Waals surface area contributed by atoms with Crippen LogP contribution in [0.2, 0.25) is 0 Å². The number of benzene rings is 2. The third kappa shape index (κ3) is 4.95. The molecule has 0 bridgehead atoms. The van der Waals surface area contributed by atoms with Gasteiger partial charge in [0.05, 0.1) is 0 Å². The predicted octanol–water partition coefficient (Wildman–Crippen LogP) is 4.23. The van der Waals surface area contributed by atoms with Gasteiger partial charge in [0, 0.05) is 17.1 Å². The molecule has 0 saturated carbocycles. The minimum Gasteiger partial charge on any atom is -0.313 e. The Morgan fingerprint density at radius 1 is 1.05 bits per heavy atom. The van der Waals surface area contributed by atoms with Gasteiger partial charge in [0.2, 0.25) is 0 Å². The van der Waals surface area contributed by atoms with Gasteiger partial charge in [0.15, 0.2) is 0 Å². The lowest BCUT2D eigenvalue weighted by Crippen LogP contribution is -2.25. The van der Waals surface area contributed by atoms with Gasteiger partial charge in [-0.05, 0) is 44.3 Å². The topological polar surface area (TPSA) is 15.3 Å². The van der Waals surface area contributed by atoms with E-state index in [4.69, 9.17) is 0 Å². The van der Waals surface area contributed by atoms with Crippen molar-refractivity contribution in [2.24, 2.45) is 0 Å². The molecule has 21 heavy (non-hydrogen) atoms. The lowest BCUT2D eigenvalue weighted by Gasteiger charge is -2.22. The summed E-state index contributed by atoms with van der Waals surface area (Å²) < 4.78 is 1.19. The zero-order chi connectivity index (χ0) is 15.1. The Morgan fingerprint density at radius 3 is 2.38 bits per heavy atom. The first kappa shape index (κ1) is 16.2. The van der Waals surface area contributed by atoms with Gasteiger partial charge in [-0.1, -0.05) is 64.5 Å². The van der Waals surface area contributed by atoms with E-state index in [0.29, 0.717) is 6.04 Å². The Bertz CT molecular complexity index is 542. The van der Waals surface area contributed by atoms with Crippen LogP contribution < -0.4 is 5.32 Å². The van der Waals surface area contributed by atoms with E-state index in [9.17, 15) is 0 Å². The van der Waals surface area contributed by atoms with Crippen LogP contribution in [0.25, 0.3) is 0 Å². The summed E-state index contributed by atoms with van der Waals surface area (Å²) in [5.74, 6) is 0. The van der Waals surface area contributed by atoms with Crippen LogP contribution in [0.15, 0.2) is 59.1 Å². The molecule has 0 aliphatic carbocycles. The zero-order valence-electron chi connectivity index (χ0n) is 12.7. The van der Waals surface area contributed by atoms with Crippen molar-refractivity contribution in [3.8, 4) is 0 Å². The molecule has 0 heterocycles. The van der Waals surface area contributed by atoms with Crippen LogP contribution in [-0.2, 0) is 6.54 Å². The number of nitrogens with zero attached hydrogens (tertiary/aromatic N) is 1. The van der Waals surface area contributed by atoms with E-state index in [1.807, 2.05) is 7.05 Å². The van der Waals surface area contributed by atoms with Gasteiger partial charge in [-0.3, -0.25) is 0 Å². The van der Waals surface area contributed by atoms with Crippen molar-refractivity contribution in [1.82, 2.24) is 10.2 Å². The molecule has 3 heteroatoms. The van der Waals surface area contributed by atoms with Gasteiger partial charge in [-0.15, -0.1) is 0 Å². The molecule has 2 nitrogen and oxygen atoms in total. The van der Waals surface area contributed by atoms with Crippen LogP contribution in [0.1, 0.15) is 23.6 Å². The van der Waals surface area contributed by atoms with Gasteiger partial charge in [0.1, 0.15) is 0 Å². The largest absolute Gasteiger partial charge is 0.313 e. The summed E-state index contributed by atoms with van der Waals surface area (Å²) in [6.45, 7) is 2.02. The minimum atomic E-state index is 0.410. The molecule has 112 valence electrons. The molecular weight excluding hydrogens is 324 g/mol. The van der Waals surface area contributed by atoms with Crippen LogP contribution in [0, 0.1) is 0 Å². The lowest BCUT2D eigenvalue weighted by molar-refractivity contribution is 0.303. The highest BCUT2D eigenvalue weighted by molar-refractivity contribution is 9.10. The van der Waals surface area contributed by atoms with E-state index < -0.39 is 0 Å². The summed E-state index contributed by atoms with van der Waals surface area (Å²) in [7, 11) is 4.21. The Hall–Kier alpha value is -1.16. The molecule has 1 atom stereocenters. The fraction of sp³-hybridized carbons (Fsp3) is 0.333. The Balaban J connectivity index is 1.88. The summed E-state index contributed by atoms with van der Waals surface area (Å²) in [4.78, 5) is 2.37. The number of nitrogens with one attached hydrogen (secondary N) is 1. The molecular formula is C18H23BrN2. The van der Waals surface area contributed by atoms with Crippen LogP contribution in [-0.4, -0.2) is 25.5 Å². The maximum Gasteiger partial charge on any atom is 0.0329 e. The highest BCUT2D eigenvalue weighted by atomic mass is 79.9. The van der Waals surface area contributed by atoms with Crippen LogP contribution in [0.3, 0.4) is 0 Å². The number of hydrogen-bond acceptors (Lipinski definition) is 2.